The summed E-state index contributed by atoms with van der Waals surface area (Å²) in [5.74, 6) is -0.853. The molecule has 2 unspecified atom stereocenters. The third-order valence-corrected chi connectivity index (χ3v) is 12.3. The van der Waals surface area contributed by atoms with Crippen LogP contribution in [0, 0.1) is 10.8 Å². The van der Waals surface area contributed by atoms with Gasteiger partial charge in [-0.15, -0.1) is 0 Å². The molecule has 1 fully saturated rings. The van der Waals surface area contributed by atoms with E-state index in [-0.39, 0.29) is 22.0 Å². The van der Waals surface area contributed by atoms with E-state index in [2.05, 4.69) is 84.9 Å². The van der Waals surface area contributed by atoms with Crippen LogP contribution in [0.1, 0.15) is 73.4 Å². The van der Waals surface area contributed by atoms with Crippen molar-refractivity contribution in [3.8, 4) is 5.75 Å². The van der Waals surface area contributed by atoms with E-state index >= 15 is 0 Å². The molecule has 1 heterocycles. The van der Waals surface area contributed by atoms with Crippen LogP contribution in [0.5, 0.6) is 5.75 Å². The summed E-state index contributed by atoms with van der Waals surface area (Å²) in [6.45, 7) is 19.2. The molecule has 0 saturated carbocycles. The first-order valence-corrected chi connectivity index (χ1v) is 17.6. The molecule has 0 aromatic heterocycles. The maximum Gasteiger partial charge on any atom is 0.405 e. The normalized spacial score (nSPS) is 19.7. The van der Waals surface area contributed by atoms with Crippen molar-refractivity contribution in [1.29, 1.82) is 0 Å². The Labute approximate surface area is 269 Å². The topological polar surface area (TPSA) is 82.1 Å². The Kier molecular flexibility index (Phi) is 9.64. The quantitative estimate of drug-likeness (QED) is 0.192. The average Bonchev–Trinajstić information content (AvgIpc) is 3.03. The molecule has 3 aromatic rings. The van der Waals surface area contributed by atoms with Gasteiger partial charge in [0, 0.05) is 5.56 Å². The van der Waals surface area contributed by atoms with Gasteiger partial charge in [-0.2, -0.15) is 17.2 Å². The molecule has 1 aliphatic heterocycles. The Morgan fingerprint density at radius 3 is 1.58 bits per heavy atom. The zero-order valence-corrected chi connectivity index (χ0v) is 29.1. The molecule has 4 rings (SSSR count). The summed E-state index contributed by atoms with van der Waals surface area (Å²) in [7, 11) is -6.21. The minimum atomic E-state index is -5.63. The smallest absolute Gasteiger partial charge is 0.405 e. The fourth-order valence-electron chi connectivity index (χ4n) is 4.77. The first-order valence-electron chi connectivity index (χ1n) is 14.9. The molecule has 1 aliphatic rings. The van der Waals surface area contributed by atoms with Crippen LogP contribution in [-0.2, 0) is 41.7 Å². The molecule has 1 N–H and O–H groups in total. The lowest BCUT2D eigenvalue weighted by molar-refractivity contribution is -0.227. The second-order valence-corrected chi connectivity index (χ2v) is 17.7. The van der Waals surface area contributed by atoms with Crippen LogP contribution in [0.3, 0.4) is 0 Å². The Balaban J connectivity index is 1.68. The Morgan fingerprint density at radius 1 is 0.778 bits per heavy atom. The monoisotopic (exact) mass is 663 g/mol. The molecule has 0 amide bonds. The molecule has 0 spiro atoms. The molecule has 1 saturated heterocycles. The van der Waals surface area contributed by atoms with Crippen molar-refractivity contribution in [3.05, 3.63) is 83.9 Å². The second kappa shape index (κ2) is 12.3. The van der Waals surface area contributed by atoms with E-state index < -0.39 is 38.2 Å². The van der Waals surface area contributed by atoms with Crippen molar-refractivity contribution in [2.75, 3.05) is 13.2 Å². The summed E-state index contributed by atoms with van der Waals surface area (Å²) in [5.41, 5.74) is 1.93. The minimum absolute atomic E-state index is 0.0180. The van der Waals surface area contributed by atoms with Crippen LogP contribution in [0.4, 0.5) is 8.78 Å². The van der Waals surface area contributed by atoms with Crippen molar-refractivity contribution >= 4 is 21.0 Å². The SMILES string of the molecule is CC(Oc1ccc([S+](c2ccc(C(C)(C)C)cc2)c2ccc(C3(C)OCC(C)(C)C(C)(C)CO3)cc2)cc1)C(F)(F)S(=O)(=O)O. The number of alkyl halides is 2. The third-order valence-electron chi connectivity index (χ3n) is 9.01. The third kappa shape index (κ3) is 7.41. The molecule has 6 nitrogen and oxygen atoms in total. The molecule has 3 aromatic carbocycles. The lowest BCUT2D eigenvalue weighted by Crippen LogP contribution is -2.42. The predicted octanol–water partition coefficient (Wildman–Crippen LogP) is 8.60. The molecular formula is C35H45F2O6S2+. The van der Waals surface area contributed by atoms with Crippen LogP contribution < -0.4 is 4.74 Å². The first-order chi connectivity index (χ1) is 20.6. The van der Waals surface area contributed by atoms with Gasteiger partial charge in [-0.05, 0) is 96.3 Å². The van der Waals surface area contributed by atoms with Gasteiger partial charge in [0.1, 0.15) is 5.75 Å². The standard InChI is InChI=1S/C35H44F2O6S2/c1-24(35(36,37)45(38,39)40)43-27-14-20-30(21-15-27)44(28-16-10-25(11-17-28)31(2,3)4)29-18-12-26(13-19-29)34(9)41-22-32(5,6)33(7,8)23-42-34/h10-21,24H,22-23H2,1-9H3/p+1. The zero-order chi connectivity index (χ0) is 33.6. The molecule has 0 radical (unpaired) electrons. The summed E-state index contributed by atoms with van der Waals surface area (Å²) in [6, 6.07) is 23.3. The Morgan fingerprint density at radius 2 is 1.18 bits per heavy atom. The van der Waals surface area contributed by atoms with Crippen LogP contribution in [0.15, 0.2) is 87.5 Å². The van der Waals surface area contributed by atoms with E-state index in [4.69, 9.17) is 18.8 Å². The minimum Gasteiger partial charge on any atom is -0.483 e. The molecule has 246 valence electrons. The van der Waals surface area contributed by atoms with Gasteiger partial charge in [0.15, 0.2) is 26.6 Å². The predicted molar refractivity (Wildman–Crippen MR) is 174 cm³/mol. The fraction of sp³-hybridized carbons (Fsp3) is 0.486. The van der Waals surface area contributed by atoms with Crippen LogP contribution >= 0.6 is 0 Å². The van der Waals surface area contributed by atoms with Gasteiger partial charge in [-0.3, -0.25) is 4.55 Å². The highest BCUT2D eigenvalue weighted by atomic mass is 32.2. The van der Waals surface area contributed by atoms with Gasteiger partial charge in [0.05, 0.1) is 24.1 Å². The fourth-order valence-corrected chi connectivity index (χ4v) is 7.27. The average molecular weight is 664 g/mol. The van der Waals surface area contributed by atoms with E-state index in [1.165, 1.54) is 17.7 Å². The van der Waals surface area contributed by atoms with Gasteiger partial charge in [0.25, 0.3) is 0 Å². The molecule has 0 bridgehead atoms. The summed E-state index contributed by atoms with van der Waals surface area (Å²) in [5, 5.41) is -4.46. The van der Waals surface area contributed by atoms with Crippen molar-refractivity contribution in [2.24, 2.45) is 10.8 Å². The number of ether oxygens (including phenoxy) is 3. The van der Waals surface area contributed by atoms with Crippen LogP contribution in [0.25, 0.3) is 0 Å². The van der Waals surface area contributed by atoms with Crippen molar-refractivity contribution in [2.45, 2.75) is 99.6 Å². The Hall–Kier alpha value is -2.50. The summed E-state index contributed by atoms with van der Waals surface area (Å²) >= 11 is 0. The summed E-state index contributed by atoms with van der Waals surface area (Å²) < 4.78 is 77.4. The van der Waals surface area contributed by atoms with Crippen molar-refractivity contribution in [3.63, 3.8) is 0 Å². The summed E-state index contributed by atoms with van der Waals surface area (Å²) in [6.07, 6.45) is -2.10. The second-order valence-electron chi connectivity index (χ2n) is 14.2. The first kappa shape index (κ1) is 35.4. The number of rotatable bonds is 8. The number of halogens is 2. The van der Waals surface area contributed by atoms with Crippen molar-refractivity contribution < 1.29 is 36.0 Å². The van der Waals surface area contributed by atoms with Gasteiger partial charge >= 0.3 is 15.4 Å². The van der Waals surface area contributed by atoms with Gasteiger partial charge < -0.3 is 14.2 Å². The number of benzene rings is 3. The van der Waals surface area contributed by atoms with Crippen molar-refractivity contribution in [1.82, 2.24) is 0 Å². The Bertz CT molecular complexity index is 1560. The molecule has 0 aliphatic carbocycles. The molecular weight excluding hydrogens is 619 g/mol. The highest BCUT2D eigenvalue weighted by Crippen LogP contribution is 2.46. The molecule has 10 heteroatoms. The number of hydrogen-bond donors (Lipinski definition) is 1. The highest BCUT2D eigenvalue weighted by Gasteiger charge is 2.51. The van der Waals surface area contributed by atoms with E-state index in [0.717, 1.165) is 27.2 Å². The van der Waals surface area contributed by atoms with E-state index in [1.807, 2.05) is 19.1 Å². The zero-order valence-electron chi connectivity index (χ0n) is 27.5. The highest BCUT2D eigenvalue weighted by molar-refractivity contribution is 7.97. The maximum absolute atomic E-state index is 14.1. The van der Waals surface area contributed by atoms with Crippen LogP contribution in [0.2, 0.25) is 0 Å². The van der Waals surface area contributed by atoms with E-state index in [1.54, 1.807) is 12.1 Å². The summed E-state index contributed by atoms with van der Waals surface area (Å²) in [4.78, 5) is 3.00. The number of hydrogen-bond acceptors (Lipinski definition) is 5. The van der Waals surface area contributed by atoms with Gasteiger partial charge in [0.2, 0.25) is 0 Å². The lowest BCUT2D eigenvalue weighted by Gasteiger charge is -2.38. The largest absolute Gasteiger partial charge is 0.483 e. The van der Waals surface area contributed by atoms with E-state index in [0.29, 0.717) is 13.2 Å². The van der Waals surface area contributed by atoms with E-state index in [9.17, 15) is 17.2 Å². The molecule has 2 atom stereocenters. The van der Waals surface area contributed by atoms with Gasteiger partial charge in [-0.25, -0.2) is 0 Å². The van der Waals surface area contributed by atoms with Crippen LogP contribution in [-0.4, -0.2) is 37.5 Å². The van der Waals surface area contributed by atoms with Gasteiger partial charge in [-0.1, -0.05) is 60.6 Å². The maximum atomic E-state index is 14.1. The lowest BCUT2D eigenvalue weighted by atomic mass is 9.69. The molecule has 45 heavy (non-hydrogen) atoms.